The third kappa shape index (κ3) is 4.55. The van der Waals surface area contributed by atoms with Crippen LogP contribution < -0.4 is 11.1 Å². The zero-order valence-electron chi connectivity index (χ0n) is 11.2. The summed E-state index contributed by atoms with van der Waals surface area (Å²) in [4.78, 5) is 13.4. The van der Waals surface area contributed by atoms with Crippen molar-refractivity contribution in [3.63, 3.8) is 0 Å². The van der Waals surface area contributed by atoms with E-state index in [1.165, 1.54) is 0 Å². The molecule has 0 spiro atoms. The van der Waals surface area contributed by atoms with E-state index in [1.807, 2.05) is 13.8 Å². The number of carbonyl (C=O) groups excluding carboxylic acids is 1. The normalized spacial score (nSPS) is 26.8. The molecule has 1 aliphatic heterocycles. The molecule has 7 heteroatoms. The summed E-state index contributed by atoms with van der Waals surface area (Å²) in [6.07, 6.45) is 0. The lowest BCUT2D eigenvalue weighted by atomic mass is 10.1. The summed E-state index contributed by atoms with van der Waals surface area (Å²) >= 11 is 0. The van der Waals surface area contributed by atoms with E-state index in [0.29, 0.717) is 12.5 Å². The van der Waals surface area contributed by atoms with Gasteiger partial charge in [-0.25, -0.2) is 8.42 Å². The number of hydrogen-bond donors (Lipinski definition) is 2. The zero-order valence-corrected chi connectivity index (χ0v) is 12.0. The third-order valence-corrected chi connectivity index (χ3v) is 4.77. The molecule has 18 heavy (non-hydrogen) atoms. The van der Waals surface area contributed by atoms with Gasteiger partial charge in [0.2, 0.25) is 5.91 Å². The van der Waals surface area contributed by atoms with Crippen LogP contribution in [-0.4, -0.2) is 63.0 Å². The predicted molar refractivity (Wildman–Crippen MR) is 70.9 cm³/mol. The Hall–Kier alpha value is -0.660. The summed E-state index contributed by atoms with van der Waals surface area (Å²) in [6, 6.07) is -0.669. The lowest BCUT2D eigenvalue weighted by Gasteiger charge is -2.25. The van der Waals surface area contributed by atoms with Crippen LogP contribution in [0, 0.1) is 5.92 Å². The van der Waals surface area contributed by atoms with Gasteiger partial charge in [0.15, 0.2) is 9.84 Å². The summed E-state index contributed by atoms with van der Waals surface area (Å²) in [5.41, 5.74) is 5.80. The van der Waals surface area contributed by atoms with Gasteiger partial charge in [0, 0.05) is 18.6 Å². The van der Waals surface area contributed by atoms with Crippen molar-refractivity contribution < 1.29 is 13.2 Å². The second-order valence-corrected chi connectivity index (χ2v) is 7.57. The summed E-state index contributed by atoms with van der Waals surface area (Å²) in [7, 11) is -1.31. The highest BCUT2D eigenvalue weighted by atomic mass is 32.2. The van der Waals surface area contributed by atoms with Gasteiger partial charge >= 0.3 is 0 Å². The van der Waals surface area contributed by atoms with Gasteiger partial charge in [-0.2, -0.15) is 0 Å². The highest BCUT2D eigenvalue weighted by Crippen LogP contribution is 2.15. The molecule has 1 saturated heterocycles. The molecule has 1 amide bonds. The Morgan fingerprint density at radius 3 is 2.50 bits per heavy atom. The summed E-state index contributed by atoms with van der Waals surface area (Å²) in [5, 5.41) is 2.80. The molecule has 0 aromatic rings. The van der Waals surface area contributed by atoms with E-state index in [1.54, 1.807) is 11.9 Å². The molecule has 1 heterocycles. The second kappa shape index (κ2) is 5.99. The number of hydrogen-bond acceptors (Lipinski definition) is 5. The maximum Gasteiger partial charge on any atom is 0.234 e. The lowest BCUT2D eigenvalue weighted by Crippen LogP contribution is -2.48. The topological polar surface area (TPSA) is 92.5 Å². The second-order valence-electron chi connectivity index (χ2n) is 5.42. The van der Waals surface area contributed by atoms with Crippen LogP contribution in [0.25, 0.3) is 0 Å². The minimum atomic E-state index is -3.05. The molecular weight excluding hydrogens is 254 g/mol. The van der Waals surface area contributed by atoms with Crippen LogP contribution in [0.1, 0.15) is 13.8 Å². The molecule has 0 aromatic carbocycles. The molecule has 0 aliphatic carbocycles. The first kappa shape index (κ1) is 15.4. The quantitative estimate of drug-likeness (QED) is 0.659. The Kier molecular flexibility index (Phi) is 5.12. The van der Waals surface area contributed by atoms with Crippen molar-refractivity contribution in [2.24, 2.45) is 11.7 Å². The maximum atomic E-state index is 11.6. The lowest BCUT2D eigenvalue weighted by molar-refractivity contribution is -0.122. The molecule has 1 aliphatic rings. The molecule has 0 bridgehead atoms. The molecule has 2 unspecified atom stereocenters. The van der Waals surface area contributed by atoms with Crippen molar-refractivity contribution in [3.05, 3.63) is 0 Å². The van der Waals surface area contributed by atoms with Gasteiger partial charge in [0.1, 0.15) is 0 Å². The molecule has 6 nitrogen and oxygen atoms in total. The van der Waals surface area contributed by atoms with E-state index in [2.05, 4.69) is 5.32 Å². The van der Waals surface area contributed by atoms with Crippen LogP contribution >= 0.6 is 0 Å². The molecule has 2 atom stereocenters. The van der Waals surface area contributed by atoms with Crippen LogP contribution in [0.4, 0.5) is 0 Å². The Bertz CT molecular complexity index is 394. The predicted octanol–water partition coefficient (Wildman–Crippen LogP) is -1.19. The molecule has 1 fully saturated rings. The number of rotatable bonds is 5. The monoisotopic (exact) mass is 277 g/mol. The average molecular weight is 277 g/mol. The standard InChI is InChI=1S/C11H23N3O3S/c1-8(2)4-13-11(15)5-14(3)10-7-18(16,17)6-9(10)12/h8-10H,4-7,12H2,1-3H3,(H,13,15). The van der Waals surface area contributed by atoms with Gasteiger partial charge in [-0.15, -0.1) is 0 Å². The number of likely N-dealkylation sites (N-methyl/N-ethyl adjacent to an activating group) is 1. The summed E-state index contributed by atoms with van der Waals surface area (Å²) in [5.74, 6) is 0.355. The van der Waals surface area contributed by atoms with Crippen molar-refractivity contribution in [2.75, 3.05) is 31.6 Å². The minimum Gasteiger partial charge on any atom is -0.355 e. The van der Waals surface area contributed by atoms with Gasteiger partial charge in [-0.3, -0.25) is 9.69 Å². The maximum absolute atomic E-state index is 11.6. The molecule has 106 valence electrons. The zero-order chi connectivity index (χ0) is 13.9. The third-order valence-electron chi connectivity index (χ3n) is 3.03. The number of amides is 1. The van der Waals surface area contributed by atoms with Crippen LogP contribution in [0.15, 0.2) is 0 Å². The first-order chi connectivity index (χ1) is 8.21. The van der Waals surface area contributed by atoms with Crippen LogP contribution in [-0.2, 0) is 14.6 Å². The Morgan fingerprint density at radius 2 is 2.06 bits per heavy atom. The Morgan fingerprint density at radius 1 is 1.44 bits per heavy atom. The number of carbonyl (C=O) groups is 1. The van der Waals surface area contributed by atoms with Crippen molar-refractivity contribution in [1.82, 2.24) is 10.2 Å². The largest absolute Gasteiger partial charge is 0.355 e. The van der Waals surface area contributed by atoms with E-state index >= 15 is 0 Å². The van der Waals surface area contributed by atoms with Crippen LogP contribution in [0.3, 0.4) is 0 Å². The number of nitrogens with one attached hydrogen (secondary N) is 1. The van der Waals surface area contributed by atoms with Crippen molar-refractivity contribution in [2.45, 2.75) is 25.9 Å². The fourth-order valence-corrected chi connectivity index (χ4v) is 3.99. The summed E-state index contributed by atoms with van der Waals surface area (Å²) < 4.78 is 22.9. The van der Waals surface area contributed by atoms with Crippen molar-refractivity contribution in [3.8, 4) is 0 Å². The average Bonchev–Trinajstić information content (AvgIpc) is 2.49. The molecule has 3 N–H and O–H groups in total. The van der Waals surface area contributed by atoms with Gasteiger partial charge in [-0.1, -0.05) is 13.8 Å². The van der Waals surface area contributed by atoms with Gasteiger partial charge < -0.3 is 11.1 Å². The minimum absolute atomic E-state index is 0.00954. The van der Waals surface area contributed by atoms with E-state index in [0.717, 1.165) is 0 Å². The molecule has 0 aromatic heterocycles. The SMILES string of the molecule is CC(C)CNC(=O)CN(C)C1CS(=O)(=O)CC1N. The Labute approximate surface area is 109 Å². The number of nitrogens with two attached hydrogens (primary N) is 1. The van der Waals surface area contributed by atoms with E-state index in [9.17, 15) is 13.2 Å². The fourth-order valence-electron chi connectivity index (χ4n) is 2.03. The van der Waals surface area contributed by atoms with Gasteiger partial charge in [-0.05, 0) is 13.0 Å². The van der Waals surface area contributed by atoms with E-state index in [-0.39, 0.29) is 30.0 Å². The highest BCUT2D eigenvalue weighted by molar-refractivity contribution is 7.91. The molecule has 1 rings (SSSR count). The number of sulfone groups is 1. The fraction of sp³-hybridized carbons (Fsp3) is 0.909. The van der Waals surface area contributed by atoms with Crippen molar-refractivity contribution in [1.29, 1.82) is 0 Å². The first-order valence-corrected chi connectivity index (χ1v) is 7.96. The molecular formula is C11H23N3O3S. The highest BCUT2D eigenvalue weighted by Gasteiger charge is 2.37. The van der Waals surface area contributed by atoms with Gasteiger partial charge in [0.25, 0.3) is 0 Å². The first-order valence-electron chi connectivity index (χ1n) is 6.14. The van der Waals surface area contributed by atoms with Crippen LogP contribution in [0.5, 0.6) is 0 Å². The van der Waals surface area contributed by atoms with E-state index in [4.69, 9.17) is 5.73 Å². The van der Waals surface area contributed by atoms with E-state index < -0.39 is 15.9 Å². The smallest absolute Gasteiger partial charge is 0.234 e. The molecule has 0 saturated carbocycles. The molecule has 0 radical (unpaired) electrons. The van der Waals surface area contributed by atoms with Crippen LogP contribution in [0.2, 0.25) is 0 Å². The number of nitrogens with zero attached hydrogens (tertiary/aromatic N) is 1. The summed E-state index contributed by atoms with van der Waals surface area (Å²) in [6.45, 7) is 4.84. The Balaban J connectivity index is 2.46. The van der Waals surface area contributed by atoms with Crippen molar-refractivity contribution >= 4 is 15.7 Å². The van der Waals surface area contributed by atoms with Gasteiger partial charge in [0.05, 0.1) is 18.1 Å².